The van der Waals surface area contributed by atoms with Crippen LogP contribution in [0.1, 0.15) is 5.69 Å². The Balaban J connectivity index is 2.68. The molecule has 3 nitrogen and oxygen atoms in total. The molecule has 0 atom stereocenters. The van der Waals surface area contributed by atoms with Crippen molar-refractivity contribution in [2.75, 3.05) is 0 Å². The van der Waals surface area contributed by atoms with E-state index in [9.17, 15) is 0 Å². The fourth-order valence-electron chi connectivity index (χ4n) is 2.23. The van der Waals surface area contributed by atoms with Gasteiger partial charge in [0.2, 0.25) is 5.52 Å². The van der Waals surface area contributed by atoms with Gasteiger partial charge in [-0.05, 0) is 19.1 Å². The minimum absolute atomic E-state index is 1.23. The van der Waals surface area contributed by atoms with Crippen molar-refractivity contribution in [2.24, 2.45) is 14.1 Å². The molecule has 76 valence electrons. The standard InChI is InChI=1S/C12H14N3/c1-9-8-12-13(2)10-6-4-5-7-11(10)15(12)14(9)3/h4-8H,1-3H3/q+1. The molecule has 0 aliphatic carbocycles. The van der Waals surface area contributed by atoms with Crippen LogP contribution in [0.5, 0.6) is 0 Å². The Hall–Kier alpha value is -1.77. The number of imidazole rings is 1. The Labute approximate surface area is 88.1 Å². The van der Waals surface area contributed by atoms with Gasteiger partial charge in [0.05, 0.1) is 18.8 Å². The van der Waals surface area contributed by atoms with E-state index in [0.717, 1.165) is 0 Å². The van der Waals surface area contributed by atoms with Gasteiger partial charge in [0, 0.05) is 7.05 Å². The molecular formula is C12H14N3+. The average molecular weight is 200 g/mol. The van der Waals surface area contributed by atoms with Crippen LogP contribution < -0.4 is 4.57 Å². The van der Waals surface area contributed by atoms with Crippen molar-refractivity contribution < 1.29 is 4.57 Å². The van der Waals surface area contributed by atoms with Crippen molar-refractivity contribution in [3.63, 3.8) is 0 Å². The van der Waals surface area contributed by atoms with Gasteiger partial charge in [0.15, 0.2) is 5.52 Å². The number of nitrogens with zero attached hydrogens (tertiary/aromatic N) is 3. The minimum atomic E-state index is 1.23. The quantitative estimate of drug-likeness (QED) is 0.489. The van der Waals surface area contributed by atoms with Gasteiger partial charge in [-0.15, -0.1) is 4.52 Å². The van der Waals surface area contributed by atoms with Crippen molar-refractivity contribution in [1.29, 1.82) is 0 Å². The summed E-state index contributed by atoms with van der Waals surface area (Å²) in [6, 6.07) is 10.7. The van der Waals surface area contributed by atoms with Gasteiger partial charge >= 0.3 is 5.65 Å². The summed E-state index contributed by atoms with van der Waals surface area (Å²) in [5, 5.41) is 0. The molecule has 15 heavy (non-hydrogen) atoms. The van der Waals surface area contributed by atoms with Crippen molar-refractivity contribution >= 4 is 16.7 Å². The van der Waals surface area contributed by atoms with E-state index in [2.05, 4.69) is 65.1 Å². The molecule has 0 aliphatic heterocycles. The van der Waals surface area contributed by atoms with E-state index < -0.39 is 0 Å². The Kier molecular flexibility index (Phi) is 1.49. The van der Waals surface area contributed by atoms with Gasteiger partial charge < -0.3 is 0 Å². The summed E-state index contributed by atoms with van der Waals surface area (Å²) in [5.41, 5.74) is 5.02. The van der Waals surface area contributed by atoms with E-state index in [0.29, 0.717) is 0 Å². The average Bonchev–Trinajstić information content (AvgIpc) is 2.68. The maximum atomic E-state index is 2.24. The predicted octanol–water partition coefficient (Wildman–Crippen LogP) is 1.56. The first-order valence-electron chi connectivity index (χ1n) is 5.12. The predicted molar refractivity (Wildman–Crippen MR) is 59.8 cm³/mol. The fourth-order valence-corrected chi connectivity index (χ4v) is 2.23. The van der Waals surface area contributed by atoms with Crippen LogP contribution in [-0.2, 0) is 14.1 Å². The summed E-state index contributed by atoms with van der Waals surface area (Å²) >= 11 is 0. The summed E-state index contributed by atoms with van der Waals surface area (Å²) in [5.74, 6) is 0. The number of aryl methyl sites for hydroxylation is 3. The maximum Gasteiger partial charge on any atom is 0.308 e. The Morgan fingerprint density at radius 2 is 1.93 bits per heavy atom. The first-order chi connectivity index (χ1) is 7.20. The van der Waals surface area contributed by atoms with Gasteiger partial charge in [-0.3, -0.25) is 0 Å². The monoisotopic (exact) mass is 200 g/mol. The highest BCUT2D eigenvalue weighted by Crippen LogP contribution is 2.15. The number of rotatable bonds is 0. The third kappa shape index (κ3) is 0.923. The second-order valence-electron chi connectivity index (χ2n) is 4.03. The third-order valence-corrected chi connectivity index (χ3v) is 3.18. The number of aromatic nitrogens is 3. The second-order valence-corrected chi connectivity index (χ2v) is 4.03. The molecule has 0 amide bonds. The van der Waals surface area contributed by atoms with Crippen LogP contribution in [-0.4, -0.2) is 9.20 Å². The summed E-state index contributed by atoms with van der Waals surface area (Å²) in [6.07, 6.45) is 0. The van der Waals surface area contributed by atoms with Gasteiger partial charge in [-0.2, -0.15) is 0 Å². The van der Waals surface area contributed by atoms with Gasteiger partial charge in [-0.1, -0.05) is 12.1 Å². The smallest absolute Gasteiger partial charge is 0.224 e. The lowest BCUT2D eigenvalue weighted by molar-refractivity contribution is -0.618. The van der Waals surface area contributed by atoms with Crippen molar-refractivity contribution in [3.8, 4) is 0 Å². The topological polar surface area (TPSA) is 13.2 Å². The van der Waals surface area contributed by atoms with E-state index >= 15 is 0 Å². The summed E-state index contributed by atoms with van der Waals surface area (Å²) in [6.45, 7) is 2.13. The zero-order valence-electron chi connectivity index (χ0n) is 9.23. The summed E-state index contributed by atoms with van der Waals surface area (Å²) < 4.78 is 6.64. The van der Waals surface area contributed by atoms with Crippen LogP contribution in [0, 0.1) is 6.92 Å². The molecule has 1 aromatic carbocycles. The molecule has 0 radical (unpaired) electrons. The number of benzene rings is 1. The molecule has 2 heterocycles. The third-order valence-electron chi connectivity index (χ3n) is 3.18. The van der Waals surface area contributed by atoms with E-state index in [1.165, 1.54) is 22.4 Å². The Bertz CT molecular complexity index is 658. The molecular weight excluding hydrogens is 186 g/mol. The van der Waals surface area contributed by atoms with Gasteiger partial charge in [0.25, 0.3) is 0 Å². The maximum absolute atomic E-state index is 2.24. The lowest BCUT2D eigenvalue weighted by Crippen LogP contribution is -2.26. The summed E-state index contributed by atoms with van der Waals surface area (Å²) in [4.78, 5) is 0. The molecule has 0 saturated heterocycles. The molecule has 0 aliphatic rings. The van der Waals surface area contributed by atoms with Gasteiger partial charge in [-0.25, -0.2) is 9.25 Å². The highest BCUT2D eigenvalue weighted by atomic mass is 15.4. The number of hydrogen-bond acceptors (Lipinski definition) is 0. The molecule has 0 spiro atoms. The van der Waals surface area contributed by atoms with Crippen LogP contribution in [0.2, 0.25) is 0 Å². The van der Waals surface area contributed by atoms with E-state index in [1.807, 2.05) is 0 Å². The molecule has 0 N–H and O–H groups in total. The minimum Gasteiger partial charge on any atom is -0.224 e. The van der Waals surface area contributed by atoms with Crippen molar-refractivity contribution in [3.05, 3.63) is 36.0 Å². The number of para-hydroxylation sites is 2. The van der Waals surface area contributed by atoms with Crippen LogP contribution in [0.3, 0.4) is 0 Å². The van der Waals surface area contributed by atoms with Crippen LogP contribution in [0.15, 0.2) is 30.3 Å². The number of fused-ring (bicyclic) bond motifs is 3. The zero-order valence-corrected chi connectivity index (χ0v) is 9.23. The number of hydrogen-bond donors (Lipinski definition) is 0. The zero-order chi connectivity index (χ0) is 10.6. The van der Waals surface area contributed by atoms with Crippen LogP contribution >= 0.6 is 0 Å². The lowest BCUT2D eigenvalue weighted by Gasteiger charge is -1.92. The van der Waals surface area contributed by atoms with Gasteiger partial charge in [0.1, 0.15) is 0 Å². The highest BCUT2D eigenvalue weighted by Gasteiger charge is 2.19. The highest BCUT2D eigenvalue weighted by molar-refractivity contribution is 5.75. The van der Waals surface area contributed by atoms with Crippen molar-refractivity contribution in [1.82, 2.24) is 9.20 Å². The molecule has 3 heteroatoms. The molecule has 2 aromatic heterocycles. The first kappa shape index (κ1) is 8.53. The molecule has 3 rings (SSSR count). The summed E-state index contributed by atoms with van der Waals surface area (Å²) in [7, 11) is 4.20. The molecule has 0 saturated carbocycles. The second kappa shape index (κ2) is 2.63. The SMILES string of the molecule is Cc1cc2n(c3ccccc3[n+]2C)n1C. The van der Waals surface area contributed by atoms with Crippen LogP contribution in [0.4, 0.5) is 0 Å². The molecule has 0 bridgehead atoms. The Morgan fingerprint density at radius 3 is 2.73 bits per heavy atom. The lowest BCUT2D eigenvalue weighted by atomic mass is 10.3. The largest absolute Gasteiger partial charge is 0.308 e. The Morgan fingerprint density at radius 1 is 1.20 bits per heavy atom. The van der Waals surface area contributed by atoms with E-state index in [1.54, 1.807) is 0 Å². The molecule has 0 unspecified atom stereocenters. The van der Waals surface area contributed by atoms with Crippen LogP contribution in [0.25, 0.3) is 16.7 Å². The molecule has 3 aromatic rings. The normalized spacial score (nSPS) is 11.7. The van der Waals surface area contributed by atoms with E-state index in [4.69, 9.17) is 0 Å². The molecule has 0 fully saturated rings. The first-order valence-corrected chi connectivity index (χ1v) is 5.12. The van der Waals surface area contributed by atoms with Crippen molar-refractivity contribution in [2.45, 2.75) is 6.92 Å². The van der Waals surface area contributed by atoms with E-state index in [-0.39, 0.29) is 0 Å². The fraction of sp³-hybridized carbons (Fsp3) is 0.250.